The highest BCUT2D eigenvalue weighted by Gasteiger charge is 2.27. The van der Waals surface area contributed by atoms with E-state index >= 15 is 0 Å². The van der Waals surface area contributed by atoms with Crippen molar-refractivity contribution in [2.75, 3.05) is 11.4 Å². The molecule has 0 fully saturated rings. The normalized spacial score (nSPS) is 15.3. The van der Waals surface area contributed by atoms with E-state index in [-0.39, 0.29) is 30.7 Å². The van der Waals surface area contributed by atoms with Gasteiger partial charge in [-0.1, -0.05) is 61.5 Å². The van der Waals surface area contributed by atoms with E-state index in [1.165, 1.54) is 28.5 Å². The van der Waals surface area contributed by atoms with E-state index in [1.807, 2.05) is 30.3 Å². The smallest absolute Gasteiger partial charge is 0.303 e. The van der Waals surface area contributed by atoms with Gasteiger partial charge >= 0.3 is 5.97 Å². The second-order valence-electron chi connectivity index (χ2n) is 9.93. The minimum atomic E-state index is -0.889. The summed E-state index contributed by atoms with van der Waals surface area (Å²) in [4.78, 5) is 13.1. The fraction of sp³-hybridized carbons (Fsp3) is 0.281. The molecule has 5 rings (SSSR count). The second kappa shape index (κ2) is 12.3. The van der Waals surface area contributed by atoms with E-state index in [0.29, 0.717) is 24.4 Å². The average molecular weight is 534 g/mol. The third-order valence-corrected chi connectivity index (χ3v) is 7.23. The summed E-state index contributed by atoms with van der Waals surface area (Å²) in [5.41, 5.74) is 3.69. The first-order valence-corrected chi connectivity index (χ1v) is 13.0. The number of halogens is 2. The zero-order valence-electron chi connectivity index (χ0n) is 21.5. The number of ether oxygens (including phenoxy) is 1. The van der Waals surface area contributed by atoms with Gasteiger partial charge in [0.05, 0.1) is 12.2 Å². The molecule has 1 heterocycles. The Kier molecular flexibility index (Phi) is 8.90. The van der Waals surface area contributed by atoms with E-state index in [2.05, 4.69) is 54.3 Å². The molecule has 0 aromatic heterocycles. The first-order chi connectivity index (χ1) is 18.0. The van der Waals surface area contributed by atoms with Crippen LogP contribution in [0.3, 0.4) is 0 Å². The van der Waals surface area contributed by atoms with Crippen molar-refractivity contribution >= 4 is 40.5 Å². The van der Waals surface area contributed by atoms with Crippen LogP contribution < -0.4 is 9.64 Å². The Bertz CT molecular complexity index is 1400. The van der Waals surface area contributed by atoms with E-state index < -0.39 is 5.97 Å². The number of rotatable bonds is 9. The molecule has 0 saturated heterocycles. The third-order valence-electron chi connectivity index (χ3n) is 7.23. The van der Waals surface area contributed by atoms with E-state index in [0.717, 1.165) is 36.4 Å². The van der Waals surface area contributed by atoms with Crippen LogP contribution in [-0.4, -0.2) is 23.7 Å². The molecule has 1 aliphatic rings. The second-order valence-corrected chi connectivity index (χ2v) is 9.93. The van der Waals surface area contributed by atoms with Crippen molar-refractivity contribution in [1.29, 1.82) is 0 Å². The zero-order chi connectivity index (χ0) is 25.8. The van der Waals surface area contributed by atoms with Crippen LogP contribution in [0.25, 0.3) is 10.8 Å². The maximum absolute atomic E-state index is 14.5. The summed E-state index contributed by atoms with van der Waals surface area (Å²) < 4.78 is 20.9. The highest BCUT2D eigenvalue weighted by atomic mass is 35.5. The van der Waals surface area contributed by atoms with Crippen molar-refractivity contribution in [3.05, 3.63) is 102 Å². The summed E-state index contributed by atoms with van der Waals surface area (Å²) in [5, 5.41) is 11.6. The molecule has 4 aromatic rings. The lowest BCUT2D eigenvalue weighted by atomic mass is 9.90. The highest BCUT2D eigenvalue weighted by molar-refractivity contribution is 5.86. The summed E-state index contributed by atoms with van der Waals surface area (Å²) in [6.07, 6.45) is 3.19. The van der Waals surface area contributed by atoms with E-state index in [1.54, 1.807) is 0 Å². The average Bonchev–Trinajstić information content (AvgIpc) is 2.90. The molecule has 38 heavy (non-hydrogen) atoms. The summed E-state index contributed by atoms with van der Waals surface area (Å²) >= 11 is 0. The molecule has 0 amide bonds. The van der Waals surface area contributed by atoms with Gasteiger partial charge in [0.2, 0.25) is 0 Å². The van der Waals surface area contributed by atoms with Gasteiger partial charge in [0.25, 0.3) is 0 Å². The molecule has 1 aliphatic heterocycles. The molecule has 198 valence electrons. The molecule has 1 unspecified atom stereocenters. The van der Waals surface area contributed by atoms with Crippen LogP contribution in [0, 0.1) is 5.82 Å². The van der Waals surface area contributed by atoms with Gasteiger partial charge in [0, 0.05) is 12.1 Å². The van der Waals surface area contributed by atoms with Crippen LogP contribution >= 0.6 is 12.4 Å². The maximum atomic E-state index is 14.5. The predicted octanol–water partition coefficient (Wildman–Crippen LogP) is 8.29. The number of aryl methyl sites for hydroxylation is 1. The van der Waals surface area contributed by atoms with Crippen molar-refractivity contribution in [3.63, 3.8) is 0 Å². The Labute approximate surface area is 229 Å². The third kappa shape index (κ3) is 6.28. The standard InChI is InChI=1S/C32H32FNO3.ClH/c1-22(28-13-7-10-24-9-2-3-12-29(24)28)8-6-11-27-21-34(30-14-4-5-15-31(30)37-27)26-19-23(16-17-32(35)36)18-25(33)20-26;/h2-5,7,9-10,12-15,18-20,22,27H,6,8,11,16-17,21H2,1H3,(H,35,36);1H/t22-,27?;/m0./s1. The number of benzene rings is 4. The maximum Gasteiger partial charge on any atom is 0.303 e. The van der Waals surface area contributed by atoms with Gasteiger partial charge in [-0.15, -0.1) is 12.4 Å². The van der Waals surface area contributed by atoms with Crippen molar-refractivity contribution < 1.29 is 19.0 Å². The number of carbonyl (C=O) groups is 1. The molecule has 6 heteroatoms. The first kappa shape index (κ1) is 27.5. The van der Waals surface area contributed by atoms with Crippen LogP contribution in [0.2, 0.25) is 0 Å². The number of aliphatic carboxylic acids is 1. The van der Waals surface area contributed by atoms with Crippen LogP contribution in [0.1, 0.15) is 49.7 Å². The molecule has 0 saturated carbocycles. The van der Waals surface area contributed by atoms with Crippen LogP contribution in [0.4, 0.5) is 15.8 Å². The quantitative estimate of drug-likeness (QED) is 0.235. The number of para-hydroxylation sites is 2. The molecule has 0 spiro atoms. The van der Waals surface area contributed by atoms with Crippen LogP contribution in [0.15, 0.2) is 84.9 Å². The van der Waals surface area contributed by atoms with Crippen molar-refractivity contribution in [2.45, 2.75) is 51.0 Å². The molecular weight excluding hydrogens is 501 g/mol. The van der Waals surface area contributed by atoms with E-state index in [9.17, 15) is 9.18 Å². The predicted molar refractivity (Wildman–Crippen MR) is 154 cm³/mol. The molecule has 0 aliphatic carbocycles. The minimum absolute atomic E-state index is 0. The number of carboxylic acids is 1. The molecular formula is C32H33ClFNO3. The van der Waals surface area contributed by atoms with Gasteiger partial charge in [0.1, 0.15) is 17.7 Å². The Morgan fingerprint density at radius 2 is 1.82 bits per heavy atom. The topological polar surface area (TPSA) is 49.8 Å². The van der Waals surface area contributed by atoms with Crippen molar-refractivity contribution in [3.8, 4) is 5.75 Å². The zero-order valence-corrected chi connectivity index (χ0v) is 22.3. The lowest BCUT2D eigenvalue weighted by Crippen LogP contribution is -2.37. The number of hydrogen-bond donors (Lipinski definition) is 1. The van der Waals surface area contributed by atoms with E-state index in [4.69, 9.17) is 9.84 Å². The fourth-order valence-corrected chi connectivity index (χ4v) is 5.37. The highest BCUT2D eigenvalue weighted by Crippen LogP contribution is 2.40. The van der Waals surface area contributed by atoms with Crippen LogP contribution in [0.5, 0.6) is 5.75 Å². The number of nitrogens with zero attached hydrogens (tertiary/aromatic N) is 1. The molecule has 1 N–H and O–H groups in total. The number of carboxylic acid groups (broad SMARTS) is 1. The molecule has 0 radical (unpaired) electrons. The van der Waals surface area contributed by atoms with Crippen LogP contribution in [-0.2, 0) is 11.2 Å². The minimum Gasteiger partial charge on any atom is -0.486 e. The number of anilines is 2. The molecule has 4 nitrogen and oxygen atoms in total. The lowest BCUT2D eigenvalue weighted by Gasteiger charge is -2.36. The monoisotopic (exact) mass is 533 g/mol. The Morgan fingerprint density at radius 3 is 2.66 bits per heavy atom. The van der Waals surface area contributed by atoms with Gasteiger partial charge in [-0.25, -0.2) is 4.39 Å². The summed E-state index contributed by atoms with van der Waals surface area (Å²) in [6.45, 7) is 2.90. The summed E-state index contributed by atoms with van der Waals surface area (Å²) in [6, 6.07) is 27.7. The van der Waals surface area contributed by atoms with Gasteiger partial charge in [-0.2, -0.15) is 0 Å². The molecule has 4 aromatic carbocycles. The van der Waals surface area contributed by atoms with Gasteiger partial charge < -0.3 is 14.7 Å². The Balaban J connectivity index is 0.00000336. The number of fused-ring (bicyclic) bond motifs is 2. The summed E-state index contributed by atoms with van der Waals surface area (Å²) in [5.74, 6) is -0.0297. The Hall–Kier alpha value is -3.57. The fourth-order valence-electron chi connectivity index (χ4n) is 5.37. The van der Waals surface area contributed by atoms with Crippen molar-refractivity contribution in [1.82, 2.24) is 0 Å². The van der Waals surface area contributed by atoms with Gasteiger partial charge in [-0.05, 0) is 83.8 Å². The van der Waals surface area contributed by atoms with Crippen molar-refractivity contribution in [2.24, 2.45) is 0 Å². The first-order valence-electron chi connectivity index (χ1n) is 13.0. The molecule has 2 atom stereocenters. The summed E-state index contributed by atoms with van der Waals surface area (Å²) in [7, 11) is 0. The Morgan fingerprint density at radius 1 is 1.05 bits per heavy atom. The molecule has 0 bridgehead atoms. The number of hydrogen-bond acceptors (Lipinski definition) is 3. The van der Waals surface area contributed by atoms with Gasteiger partial charge in [0.15, 0.2) is 0 Å². The lowest BCUT2D eigenvalue weighted by molar-refractivity contribution is -0.136. The largest absolute Gasteiger partial charge is 0.486 e. The SMILES string of the molecule is C[C@@H](CCCC1CN(c2cc(F)cc(CCC(=O)O)c2)c2ccccc2O1)c1cccc2ccccc12.Cl. The van der Waals surface area contributed by atoms with Gasteiger partial charge in [-0.3, -0.25) is 4.79 Å².